The third kappa shape index (κ3) is 9.24. The van der Waals surface area contributed by atoms with Crippen LogP contribution >= 0.6 is 24.4 Å². The summed E-state index contributed by atoms with van der Waals surface area (Å²) in [7, 11) is 0. The van der Waals surface area contributed by atoms with E-state index in [1.54, 1.807) is 35.9 Å². The van der Waals surface area contributed by atoms with Crippen LogP contribution in [0.1, 0.15) is 25.8 Å². The Labute approximate surface area is 236 Å². The molecule has 0 saturated carbocycles. The second-order valence-corrected chi connectivity index (χ2v) is 11.7. The SMILES string of the molecule is CC(SC[C@@H]1C[C@H](S)CN1C(=O)OCc1ccc([N+](=O)[O-])cc1)C(=O)NCC(=O)NN1CCNCC1C(C)O. The van der Waals surface area contributed by atoms with E-state index in [2.05, 4.69) is 28.7 Å². The van der Waals surface area contributed by atoms with Gasteiger partial charge in [-0.25, -0.2) is 9.80 Å². The van der Waals surface area contributed by atoms with Crippen LogP contribution in [0.2, 0.25) is 0 Å². The number of non-ortho nitro benzene ring substituents is 1. The number of benzene rings is 1. The lowest BCUT2D eigenvalue weighted by Crippen LogP contribution is -2.62. The fourth-order valence-electron chi connectivity index (χ4n) is 4.35. The van der Waals surface area contributed by atoms with Crippen LogP contribution in [0.25, 0.3) is 0 Å². The summed E-state index contributed by atoms with van der Waals surface area (Å²) in [6, 6.07) is 5.37. The molecular weight excluding hydrogens is 548 g/mol. The van der Waals surface area contributed by atoms with Crippen LogP contribution in [0.15, 0.2) is 24.3 Å². The van der Waals surface area contributed by atoms with E-state index in [0.29, 0.717) is 43.9 Å². The van der Waals surface area contributed by atoms with E-state index in [9.17, 15) is 29.6 Å². The lowest BCUT2D eigenvalue weighted by Gasteiger charge is -2.37. The molecule has 0 spiro atoms. The Hall–Kier alpha value is -2.59. The number of carbonyl (C=O) groups excluding carboxylic acids is 3. The minimum absolute atomic E-state index is 0.0167. The molecule has 2 heterocycles. The van der Waals surface area contributed by atoms with Crippen molar-refractivity contribution < 1.29 is 29.2 Å². The van der Waals surface area contributed by atoms with E-state index >= 15 is 0 Å². The van der Waals surface area contributed by atoms with Crippen LogP contribution in [-0.2, 0) is 20.9 Å². The summed E-state index contributed by atoms with van der Waals surface area (Å²) >= 11 is 5.89. The number of carbonyl (C=O) groups is 3. The first-order valence-corrected chi connectivity index (χ1v) is 14.3. The average Bonchev–Trinajstić information content (AvgIpc) is 3.29. The van der Waals surface area contributed by atoms with E-state index in [0.717, 1.165) is 0 Å². The largest absolute Gasteiger partial charge is 0.445 e. The van der Waals surface area contributed by atoms with Crippen molar-refractivity contribution in [1.29, 1.82) is 0 Å². The van der Waals surface area contributed by atoms with Gasteiger partial charge in [-0.3, -0.25) is 25.1 Å². The number of thiol groups is 1. The maximum atomic E-state index is 12.7. The Kier molecular flexibility index (Phi) is 11.7. The van der Waals surface area contributed by atoms with Gasteiger partial charge in [0.1, 0.15) is 6.61 Å². The zero-order chi connectivity index (χ0) is 28.5. The van der Waals surface area contributed by atoms with E-state index < -0.39 is 22.4 Å². The minimum Gasteiger partial charge on any atom is -0.445 e. The molecule has 0 aliphatic carbocycles. The Morgan fingerprint density at radius 3 is 2.69 bits per heavy atom. The van der Waals surface area contributed by atoms with Crippen LogP contribution in [0.3, 0.4) is 0 Å². The number of likely N-dealkylation sites (tertiary alicyclic amines) is 1. The van der Waals surface area contributed by atoms with E-state index in [1.165, 1.54) is 23.9 Å². The van der Waals surface area contributed by atoms with Gasteiger partial charge < -0.3 is 25.4 Å². The number of rotatable bonds is 11. The summed E-state index contributed by atoms with van der Waals surface area (Å²) in [6.07, 6.45) is -0.488. The number of nitrogens with zero attached hydrogens (tertiary/aromatic N) is 3. The number of nitro benzene ring substituents is 1. The predicted octanol–water partition coefficient (Wildman–Crippen LogP) is 0.528. The number of hydrazine groups is 1. The number of ether oxygens (including phenoxy) is 1. The Bertz CT molecular complexity index is 1020. The van der Waals surface area contributed by atoms with Crippen LogP contribution in [0.5, 0.6) is 0 Å². The van der Waals surface area contributed by atoms with Crippen LogP contribution in [0.4, 0.5) is 10.5 Å². The first kappa shape index (κ1) is 30.9. The van der Waals surface area contributed by atoms with Gasteiger partial charge in [0.05, 0.1) is 28.9 Å². The van der Waals surface area contributed by atoms with Crippen molar-refractivity contribution in [2.45, 2.75) is 55.6 Å². The third-order valence-corrected chi connectivity index (χ3v) is 8.24. The maximum absolute atomic E-state index is 12.7. The number of amides is 3. The van der Waals surface area contributed by atoms with Crippen molar-refractivity contribution in [3.63, 3.8) is 0 Å². The first-order chi connectivity index (χ1) is 18.5. The summed E-state index contributed by atoms with van der Waals surface area (Å²) in [4.78, 5) is 49.6. The summed E-state index contributed by atoms with van der Waals surface area (Å²) < 4.78 is 5.42. The average molecular weight is 585 g/mol. The first-order valence-electron chi connectivity index (χ1n) is 12.7. The number of aliphatic hydroxyl groups excluding tert-OH is 1. The minimum atomic E-state index is -0.629. The van der Waals surface area contributed by atoms with Gasteiger partial charge in [0.2, 0.25) is 5.91 Å². The van der Waals surface area contributed by atoms with Gasteiger partial charge in [0.25, 0.3) is 11.6 Å². The van der Waals surface area contributed by atoms with Crippen LogP contribution in [-0.4, -0.2) is 105 Å². The van der Waals surface area contributed by atoms with Gasteiger partial charge in [-0.05, 0) is 38.0 Å². The lowest BCUT2D eigenvalue weighted by atomic mass is 10.1. The molecule has 4 N–H and O–H groups in total. The van der Waals surface area contributed by atoms with Gasteiger partial charge in [0.15, 0.2) is 0 Å². The fraction of sp³-hybridized carbons (Fsp3) is 0.625. The normalized spacial score (nSPS) is 23.1. The number of nitro groups is 1. The highest BCUT2D eigenvalue weighted by Crippen LogP contribution is 2.27. The molecule has 1 aromatic carbocycles. The topological polar surface area (TPSA) is 166 Å². The number of nitrogens with one attached hydrogen (secondary N) is 3. The molecule has 216 valence electrons. The molecule has 39 heavy (non-hydrogen) atoms. The fourth-order valence-corrected chi connectivity index (χ4v) is 5.83. The van der Waals surface area contributed by atoms with Gasteiger partial charge in [-0.15, -0.1) is 11.8 Å². The quantitative estimate of drug-likeness (QED) is 0.141. The molecule has 2 fully saturated rings. The number of hydrogen-bond acceptors (Lipinski definition) is 11. The van der Waals surface area contributed by atoms with Crippen LogP contribution in [0, 0.1) is 10.1 Å². The zero-order valence-corrected chi connectivity index (χ0v) is 23.7. The number of hydrogen-bond donors (Lipinski definition) is 5. The number of aliphatic hydroxyl groups is 1. The van der Waals surface area contributed by atoms with Crippen molar-refractivity contribution >= 4 is 48.0 Å². The summed E-state index contributed by atoms with van der Waals surface area (Å²) in [5, 5.41) is 27.7. The highest BCUT2D eigenvalue weighted by molar-refractivity contribution is 8.00. The number of thioether (sulfide) groups is 1. The van der Waals surface area contributed by atoms with Gasteiger partial charge in [-0.2, -0.15) is 12.6 Å². The number of piperazine rings is 1. The summed E-state index contributed by atoms with van der Waals surface area (Å²) in [5.74, 6) is -0.180. The Morgan fingerprint density at radius 2 is 2.03 bits per heavy atom. The monoisotopic (exact) mass is 584 g/mol. The molecule has 3 rings (SSSR count). The molecule has 3 amide bonds. The van der Waals surface area contributed by atoms with E-state index in [1.807, 2.05) is 0 Å². The lowest BCUT2D eigenvalue weighted by molar-refractivity contribution is -0.384. The van der Waals surface area contributed by atoms with Gasteiger partial charge in [-0.1, -0.05) is 0 Å². The van der Waals surface area contributed by atoms with Gasteiger partial charge >= 0.3 is 6.09 Å². The molecule has 0 aromatic heterocycles. The summed E-state index contributed by atoms with van der Waals surface area (Å²) in [5.41, 5.74) is 3.35. The zero-order valence-electron chi connectivity index (χ0n) is 21.9. The second kappa shape index (κ2) is 14.7. The van der Waals surface area contributed by atoms with Crippen LogP contribution < -0.4 is 16.1 Å². The highest BCUT2D eigenvalue weighted by Gasteiger charge is 2.35. The molecule has 2 aliphatic heterocycles. The molecule has 1 aromatic rings. The molecule has 0 radical (unpaired) electrons. The summed E-state index contributed by atoms with van der Waals surface area (Å²) in [6.45, 7) is 5.38. The molecule has 5 atom stereocenters. The van der Waals surface area contributed by atoms with Crippen molar-refractivity contribution in [3.8, 4) is 0 Å². The smallest absolute Gasteiger partial charge is 0.410 e. The van der Waals surface area contributed by atoms with Crippen molar-refractivity contribution in [1.82, 2.24) is 26.0 Å². The van der Waals surface area contributed by atoms with Crippen molar-refractivity contribution in [3.05, 3.63) is 39.9 Å². The second-order valence-electron chi connectivity index (χ2n) is 9.61. The maximum Gasteiger partial charge on any atom is 0.410 e. The van der Waals surface area contributed by atoms with E-state index in [-0.39, 0.29) is 48.0 Å². The van der Waals surface area contributed by atoms with Crippen molar-refractivity contribution in [2.75, 3.05) is 38.5 Å². The third-order valence-electron chi connectivity index (χ3n) is 6.58. The molecular formula is C24H36N6O7S2. The molecule has 15 heteroatoms. The Balaban J connectivity index is 1.41. The molecule has 2 saturated heterocycles. The standard InChI is InChI=1S/C24H36N6O7S2/c1-15(31)21-10-25-7-8-29(21)27-22(32)11-26-23(33)16(2)39-14-19-9-20(38)12-28(19)24(34)37-13-17-3-5-18(6-4-17)30(35)36/h3-6,15-16,19-21,25,31,38H,7-14H2,1-2H3,(H,26,33)(H,27,32)/t15?,16?,19-,20-,21?/m0/s1. The Morgan fingerprint density at radius 1 is 1.31 bits per heavy atom. The highest BCUT2D eigenvalue weighted by atomic mass is 32.2. The molecule has 0 bridgehead atoms. The van der Waals surface area contributed by atoms with E-state index in [4.69, 9.17) is 4.74 Å². The van der Waals surface area contributed by atoms with Crippen molar-refractivity contribution in [2.24, 2.45) is 0 Å². The molecule has 3 unspecified atom stereocenters. The molecule has 13 nitrogen and oxygen atoms in total. The molecule has 2 aliphatic rings. The predicted molar refractivity (Wildman–Crippen MR) is 149 cm³/mol. The van der Waals surface area contributed by atoms with Gasteiger partial charge in [0, 0.05) is 55.4 Å².